The number of hydrogen-bond acceptors (Lipinski definition) is 0. The molecule has 0 rings (SSSR count). The summed E-state index contributed by atoms with van der Waals surface area (Å²) in [7, 11) is -0.393. The summed E-state index contributed by atoms with van der Waals surface area (Å²) in [4.78, 5) is 0. The van der Waals surface area contributed by atoms with Gasteiger partial charge in [-0.1, -0.05) is 52.8 Å². The average molecular weight is 195 g/mol. The summed E-state index contributed by atoms with van der Waals surface area (Å²) < 4.78 is 0. The molecule has 1 unspecified atom stereocenters. The minimum atomic E-state index is -0.393. The Morgan fingerprint density at radius 1 is 1.09 bits per heavy atom. The largest absolute Gasteiger partial charge is 0.0953 e. The molecule has 0 amide bonds. The van der Waals surface area contributed by atoms with E-state index in [0.717, 1.165) is 0 Å². The molecular formula is C9H20ClP. The Morgan fingerprint density at radius 3 is 1.55 bits per heavy atom. The molecule has 0 saturated heterocycles. The van der Waals surface area contributed by atoms with Crippen molar-refractivity contribution in [1.82, 2.24) is 0 Å². The molecule has 0 heterocycles. The van der Waals surface area contributed by atoms with E-state index in [1.807, 2.05) is 0 Å². The van der Waals surface area contributed by atoms with Gasteiger partial charge in [0.25, 0.3) is 0 Å². The fourth-order valence-corrected chi connectivity index (χ4v) is 3.50. The van der Waals surface area contributed by atoms with Crippen LogP contribution in [0.15, 0.2) is 0 Å². The van der Waals surface area contributed by atoms with Crippen LogP contribution in [0, 0.1) is 0 Å². The molecule has 0 nitrogen and oxygen atoms in total. The van der Waals surface area contributed by atoms with Gasteiger partial charge in [0.15, 0.2) is 0 Å². The van der Waals surface area contributed by atoms with Crippen molar-refractivity contribution in [2.45, 2.75) is 58.3 Å². The third-order valence-electron chi connectivity index (χ3n) is 1.99. The summed E-state index contributed by atoms with van der Waals surface area (Å²) >= 11 is 6.41. The molecule has 0 bridgehead atoms. The van der Waals surface area contributed by atoms with Crippen LogP contribution < -0.4 is 0 Å². The van der Waals surface area contributed by atoms with E-state index >= 15 is 0 Å². The lowest BCUT2D eigenvalue weighted by Gasteiger charge is -2.37. The van der Waals surface area contributed by atoms with Crippen LogP contribution in [0.4, 0.5) is 0 Å². The summed E-state index contributed by atoms with van der Waals surface area (Å²) in [5, 5.41) is 0.589. The highest BCUT2D eigenvalue weighted by Crippen LogP contribution is 2.64. The van der Waals surface area contributed by atoms with Gasteiger partial charge in [-0.3, -0.25) is 0 Å². The van der Waals surface area contributed by atoms with Gasteiger partial charge in [-0.05, 0) is 16.7 Å². The molecule has 0 aromatic heterocycles. The van der Waals surface area contributed by atoms with E-state index in [2.05, 4.69) is 41.5 Å². The molecule has 0 radical (unpaired) electrons. The third-order valence-corrected chi connectivity index (χ3v) is 7.44. The molecule has 2 heteroatoms. The van der Waals surface area contributed by atoms with Crippen molar-refractivity contribution in [3.05, 3.63) is 0 Å². The fraction of sp³-hybridized carbons (Fsp3) is 1.00. The summed E-state index contributed by atoms with van der Waals surface area (Å²) in [6, 6.07) is 0. The normalized spacial score (nSPS) is 16.6. The average Bonchev–Trinajstić information content (AvgIpc) is 1.84. The van der Waals surface area contributed by atoms with Crippen molar-refractivity contribution in [2.24, 2.45) is 0 Å². The second-order valence-corrected chi connectivity index (χ2v) is 8.75. The maximum atomic E-state index is 6.41. The maximum Gasteiger partial charge on any atom is 0.00153 e. The van der Waals surface area contributed by atoms with E-state index < -0.39 is 7.27 Å². The zero-order chi connectivity index (χ0) is 9.28. The Labute approximate surface area is 77.3 Å². The van der Waals surface area contributed by atoms with Crippen molar-refractivity contribution in [3.63, 3.8) is 0 Å². The lowest BCUT2D eigenvalue weighted by Crippen LogP contribution is -2.24. The molecule has 0 aliphatic carbocycles. The van der Waals surface area contributed by atoms with Gasteiger partial charge < -0.3 is 0 Å². The zero-order valence-electron chi connectivity index (χ0n) is 8.53. The molecule has 0 aliphatic heterocycles. The predicted molar refractivity (Wildman–Crippen MR) is 56.9 cm³/mol. The van der Waals surface area contributed by atoms with Gasteiger partial charge in [0.1, 0.15) is 0 Å². The second-order valence-electron chi connectivity index (χ2n) is 4.62. The Balaban J connectivity index is 4.35. The quantitative estimate of drug-likeness (QED) is 0.564. The van der Waals surface area contributed by atoms with Crippen LogP contribution in [-0.4, -0.2) is 10.3 Å². The van der Waals surface area contributed by atoms with E-state index in [9.17, 15) is 0 Å². The van der Waals surface area contributed by atoms with Crippen LogP contribution in [0.3, 0.4) is 0 Å². The standard InChI is InChI=1S/C9H20ClP/c1-7-9(5,6)11(10)8(2,3)4/h7H2,1-6H3. The first-order valence-corrected chi connectivity index (χ1v) is 6.42. The molecule has 0 saturated carbocycles. The minimum Gasteiger partial charge on any atom is -0.0953 e. The number of halogens is 1. The highest BCUT2D eigenvalue weighted by molar-refractivity contribution is 7.86. The van der Waals surface area contributed by atoms with Gasteiger partial charge in [-0.15, -0.1) is 0 Å². The first-order valence-electron chi connectivity index (χ1n) is 4.18. The molecule has 1 atom stereocenters. The Kier molecular flexibility index (Phi) is 3.86. The van der Waals surface area contributed by atoms with Crippen molar-refractivity contribution in [1.29, 1.82) is 0 Å². The van der Waals surface area contributed by atoms with Crippen LogP contribution in [0.1, 0.15) is 48.0 Å². The lowest BCUT2D eigenvalue weighted by atomic mass is 10.1. The van der Waals surface area contributed by atoms with Gasteiger partial charge >= 0.3 is 0 Å². The molecule has 68 valence electrons. The molecular weight excluding hydrogens is 175 g/mol. The van der Waals surface area contributed by atoms with E-state index in [-0.39, 0.29) is 5.16 Å². The summed E-state index contributed by atoms with van der Waals surface area (Å²) in [5.41, 5.74) is 0. The minimum absolute atomic E-state index is 0.274. The van der Waals surface area contributed by atoms with Crippen LogP contribution in [0.5, 0.6) is 0 Å². The SMILES string of the molecule is CCC(C)(C)P(Cl)C(C)(C)C. The second kappa shape index (κ2) is 3.62. The molecule has 11 heavy (non-hydrogen) atoms. The third kappa shape index (κ3) is 3.30. The molecule has 0 spiro atoms. The predicted octanol–water partition coefficient (Wildman–Crippen LogP) is 4.61. The first kappa shape index (κ1) is 11.7. The monoisotopic (exact) mass is 194 g/mol. The highest BCUT2D eigenvalue weighted by Gasteiger charge is 2.34. The van der Waals surface area contributed by atoms with E-state index in [0.29, 0.717) is 5.16 Å². The zero-order valence-corrected chi connectivity index (χ0v) is 10.2. The van der Waals surface area contributed by atoms with Gasteiger partial charge in [0.2, 0.25) is 0 Å². The Bertz CT molecular complexity index is 124. The van der Waals surface area contributed by atoms with Crippen LogP contribution in [0.25, 0.3) is 0 Å². The van der Waals surface area contributed by atoms with Gasteiger partial charge in [-0.2, -0.15) is 0 Å². The molecule has 0 fully saturated rings. The van der Waals surface area contributed by atoms with Gasteiger partial charge in [0.05, 0.1) is 0 Å². The van der Waals surface area contributed by atoms with Crippen molar-refractivity contribution < 1.29 is 0 Å². The van der Waals surface area contributed by atoms with Gasteiger partial charge in [-0.25, -0.2) is 0 Å². The van der Waals surface area contributed by atoms with Crippen LogP contribution >= 0.6 is 18.5 Å². The van der Waals surface area contributed by atoms with Gasteiger partial charge in [0, 0.05) is 7.27 Å². The van der Waals surface area contributed by atoms with Crippen molar-refractivity contribution in [3.8, 4) is 0 Å². The number of hydrogen-bond donors (Lipinski definition) is 0. The van der Waals surface area contributed by atoms with Crippen LogP contribution in [-0.2, 0) is 0 Å². The summed E-state index contributed by atoms with van der Waals surface area (Å²) in [6.07, 6.45) is 1.17. The number of rotatable bonds is 2. The van der Waals surface area contributed by atoms with Crippen molar-refractivity contribution in [2.75, 3.05) is 0 Å². The lowest BCUT2D eigenvalue weighted by molar-refractivity contribution is 0.646. The first-order chi connectivity index (χ1) is 4.72. The van der Waals surface area contributed by atoms with E-state index in [4.69, 9.17) is 11.2 Å². The topological polar surface area (TPSA) is 0 Å². The van der Waals surface area contributed by atoms with E-state index in [1.54, 1.807) is 0 Å². The Hall–Kier alpha value is 0.720. The fourth-order valence-electron chi connectivity index (χ4n) is 1.05. The molecule has 0 N–H and O–H groups in total. The summed E-state index contributed by atoms with van der Waals surface area (Å²) in [5.74, 6) is 0. The summed E-state index contributed by atoms with van der Waals surface area (Å²) in [6.45, 7) is 13.4. The van der Waals surface area contributed by atoms with Crippen molar-refractivity contribution >= 4 is 18.5 Å². The molecule has 0 aromatic rings. The molecule has 0 aromatic carbocycles. The molecule has 0 aliphatic rings. The van der Waals surface area contributed by atoms with Crippen LogP contribution in [0.2, 0.25) is 0 Å². The Morgan fingerprint density at radius 2 is 1.45 bits per heavy atom. The van der Waals surface area contributed by atoms with E-state index in [1.165, 1.54) is 6.42 Å². The maximum absolute atomic E-state index is 6.41. The highest BCUT2D eigenvalue weighted by atomic mass is 35.7. The smallest absolute Gasteiger partial charge is 0.00153 e.